The summed E-state index contributed by atoms with van der Waals surface area (Å²) in [7, 11) is 3.17. The van der Waals surface area contributed by atoms with Crippen molar-refractivity contribution in [2.24, 2.45) is 5.92 Å². The predicted molar refractivity (Wildman–Crippen MR) is 121 cm³/mol. The molecule has 1 aromatic carbocycles. The van der Waals surface area contributed by atoms with Gasteiger partial charge in [-0.3, -0.25) is 9.59 Å². The Morgan fingerprint density at radius 1 is 1.13 bits per heavy atom. The SMILES string of the molecule is COc1ccc(C2SCC(C(=O)NC(C)C(C)C)N2C(=O)c2cccs2)cc1OC. The van der Waals surface area contributed by atoms with E-state index < -0.39 is 6.04 Å². The fourth-order valence-corrected chi connectivity index (χ4v) is 5.32. The van der Waals surface area contributed by atoms with Gasteiger partial charge in [0, 0.05) is 11.8 Å². The lowest BCUT2D eigenvalue weighted by atomic mass is 10.1. The van der Waals surface area contributed by atoms with Gasteiger partial charge in [-0.05, 0) is 42.0 Å². The van der Waals surface area contributed by atoms with Crippen molar-refractivity contribution in [1.29, 1.82) is 0 Å². The van der Waals surface area contributed by atoms with E-state index in [1.165, 1.54) is 11.3 Å². The zero-order valence-electron chi connectivity index (χ0n) is 17.9. The van der Waals surface area contributed by atoms with Crippen molar-refractivity contribution in [2.75, 3.05) is 20.0 Å². The summed E-state index contributed by atoms with van der Waals surface area (Å²) in [6, 6.07) is 8.77. The second-order valence-electron chi connectivity index (χ2n) is 7.55. The Labute approximate surface area is 185 Å². The maximum absolute atomic E-state index is 13.4. The number of thioether (sulfide) groups is 1. The molecule has 1 aliphatic rings. The molecule has 0 radical (unpaired) electrons. The van der Waals surface area contributed by atoms with Crippen molar-refractivity contribution in [3.05, 3.63) is 46.2 Å². The van der Waals surface area contributed by atoms with Gasteiger partial charge in [0.1, 0.15) is 11.4 Å². The number of methoxy groups -OCH3 is 2. The van der Waals surface area contributed by atoms with Gasteiger partial charge in [0.25, 0.3) is 5.91 Å². The van der Waals surface area contributed by atoms with Crippen LogP contribution in [-0.4, -0.2) is 48.8 Å². The first-order valence-electron chi connectivity index (χ1n) is 9.87. The molecule has 2 amide bonds. The van der Waals surface area contributed by atoms with E-state index in [0.29, 0.717) is 28.0 Å². The van der Waals surface area contributed by atoms with Crippen LogP contribution in [0, 0.1) is 5.92 Å². The molecular formula is C22H28N2O4S2. The number of carbonyl (C=O) groups is 2. The second-order valence-corrected chi connectivity index (χ2v) is 9.61. The lowest BCUT2D eigenvalue weighted by Crippen LogP contribution is -2.50. The number of thiophene rings is 1. The highest BCUT2D eigenvalue weighted by Crippen LogP contribution is 2.44. The summed E-state index contributed by atoms with van der Waals surface area (Å²) in [5.74, 6) is 1.82. The number of nitrogens with zero attached hydrogens (tertiary/aromatic N) is 1. The van der Waals surface area contributed by atoms with Crippen LogP contribution in [0.3, 0.4) is 0 Å². The van der Waals surface area contributed by atoms with Crippen molar-refractivity contribution in [2.45, 2.75) is 38.2 Å². The number of carbonyl (C=O) groups excluding carboxylic acids is 2. The number of rotatable bonds is 7. The minimum Gasteiger partial charge on any atom is -0.493 e. The number of amides is 2. The zero-order chi connectivity index (χ0) is 21.8. The number of ether oxygens (including phenoxy) is 2. The van der Waals surface area contributed by atoms with Crippen LogP contribution in [0.25, 0.3) is 0 Å². The topological polar surface area (TPSA) is 67.9 Å². The molecule has 0 spiro atoms. The molecule has 1 N–H and O–H groups in total. The fraction of sp³-hybridized carbons (Fsp3) is 0.455. The van der Waals surface area contributed by atoms with Gasteiger partial charge in [0.15, 0.2) is 11.5 Å². The van der Waals surface area contributed by atoms with Crippen LogP contribution in [0.5, 0.6) is 11.5 Å². The highest BCUT2D eigenvalue weighted by molar-refractivity contribution is 7.99. The summed E-state index contributed by atoms with van der Waals surface area (Å²) in [5.41, 5.74) is 0.898. The molecule has 0 bridgehead atoms. The summed E-state index contributed by atoms with van der Waals surface area (Å²) in [6.07, 6.45) is 0. The van der Waals surface area contributed by atoms with Crippen LogP contribution >= 0.6 is 23.1 Å². The average Bonchev–Trinajstić information content (AvgIpc) is 3.42. The average molecular weight is 449 g/mol. The van der Waals surface area contributed by atoms with E-state index in [0.717, 1.165) is 5.56 Å². The van der Waals surface area contributed by atoms with Crippen molar-refractivity contribution in [1.82, 2.24) is 10.2 Å². The quantitative estimate of drug-likeness (QED) is 0.688. The van der Waals surface area contributed by atoms with Crippen LogP contribution in [0.15, 0.2) is 35.7 Å². The van der Waals surface area contributed by atoms with E-state index in [9.17, 15) is 9.59 Å². The summed E-state index contributed by atoms with van der Waals surface area (Å²) in [6.45, 7) is 6.12. The fourth-order valence-electron chi connectivity index (χ4n) is 3.23. The Bertz CT molecular complexity index is 885. The van der Waals surface area contributed by atoms with Gasteiger partial charge in [-0.2, -0.15) is 0 Å². The Morgan fingerprint density at radius 2 is 1.87 bits per heavy atom. The second kappa shape index (κ2) is 9.75. The Morgan fingerprint density at radius 3 is 2.47 bits per heavy atom. The molecule has 1 saturated heterocycles. The third-order valence-corrected chi connectivity index (χ3v) is 7.51. The van der Waals surface area contributed by atoms with Crippen molar-refractivity contribution >= 4 is 34.9 Å². The van der Waals surface area contributed by atoms with Gasteiger partial charge >= 0.3 is 0 Å². The third kappa shape index (κ3) is 4.59. The van der Waals surface area contributed by atoms with Gasteiger partial charge in [-0.1, -0.05) is 26.0 Å². The van der Waals surface area contributed by atoms with Crippen LogP contribution in [0.2, 0.25) is 0 Å². The Balaban J connectivity index is 1.94. The van der Waals surface area contributed by atoms with E-state index in [2.05, 4.69) is 19.2 Å². The van der Waals surface area contributed by atoms with Crippen LogP contribution < -0.4 is 14.8 Å². The molecule has 1 fully saturated rings. The molecule has 3 rings (SSSR count). The molecule has 3 unspecified atom stereocenters. The predicted octanol–water partition coefficient (Wildman–Crippen LogP) is 4.18. The molecule has 8 heteroatoms. The molecule has 162 valence electrons. The van der Waals surface area contributed by atoms with Gasteiger partial charge in [0.05, 0.1) is 19.1 Å². The molecule has 0 aliphatic carbocycles. The van der Waals surface area contributed by atoms with Crippen molar-refractivity contribution in [3.8, 4) is 11.5 Å². The van der Waals surface area contributed by atoms with Crippen LogP contribution in [0.1, 0.15) is 41.4 Å². The Hall–Kier alpha value is -2.19. The maximum Gasteiger partial charge on any atom is 0.265 e. The van der Waals surface area contributed by atoms with E-state index in [1.54, 1.807) is 36.9 Å². The first-order chi connectivity index (χ1) is 14.4. The standard InChI is InChI=1S/C22H28N2O4S2/c1-13(2)14(3)23-20(25)16-12-30-22(24(16)21(26)19-7-6-10-29-19)15-8-9-17(27-4)18(11-15)28-5/h6-11,13-14,16,22H,12H2,1-5H3,(H,23,25). The molecular weight excluding hydrogens is 420 g/mol. The van der Waals surface area contributed by atoms with E-state index in [1.807, 2.05) is 36.6 Å². The molecule has 2 heterocycles. The summed E-state index contributed by atoms with van der Waals surface area (Å²) in [4.78, 5) is 28.8. The third-order valence-electron chi connectivity index (χ3n) is 5.33. The zero-order valence-corrected chi connectivity index (χ0v) is 19.5. The lowest BCUT2D eigenvalue weighted by molar-refractivity contribution is -0.125. The molecule has 1 aromatic heterocycles. The molecule has 0 saturated carbocycles. The van der Waals surface area contributed by atoms with Gasteiger partial charge in [-0.25, -0.2) is 0 Å². The normalized spacial score (nSPS) is 19.6. The van der Waals surface area contributed by atoms with Crippen molar-refractivity contribution < 1.29 is 19.1 Å². The van der Waals surface area contributed by atoms with Gasteiger partial charge < -0.3 is 19.7 Å². The molecule has 3 atom stereocenters. The van der Waals surface area contributed by atoms with Crippen LogP contribution in [0.4, 0.5) is 0 Å². The summed E-state index contributed by atoms with van der Waals surface area (Å²) >= 11 is 2.97. The van der Waals surface area contributed by atoms with E-state index in [4.69, 9.17) is 9.47 Å². The first-order valence-corrected chi connectivity index (χ1v) is 11.8. The summed E-state index contributed by atoms with van der Waals surface area (Å²) < 4.78 is 10.8. The smallest absolute Gasteiger partial charge is 0.265 e. The van der Waals surface area contributed by atoms with Crippen molar-refractivity contribution in [3.63, 3.8) is 0 Å². The largest absolute Gasteiger partial charge is 0.493 e. The first kappa shape index (κ1) is 22.5. The molecule has 6 nitrogen and oxygen atoms in total. The number of nitrogens with one attached hydrogen (secondary N) is 1. The number of hydrogen-bond donors (Lipinski definition) is 1. The van der Waals surface area contributed by atoms with Gasteiger partial charge in [-0.15, -0.1) is 23.1 Å². The Kier molecular flexibility index (Phi) is 7.31. The molecule has 2 aromatic rings. The molecule has 30 heavy (non-hydrogen) atoms. The summed E-state index contributed by atoms with van der Waals surface area (Å²) in [5, 5.41) is 4.66. The minimum atomic E-state index is -0.538. The highest BCUT2D eigenvalue weighted by Gasteiger charge is 2.43. The lowest BCUT2D eigenvalue weighted by Gasteiger charge is -2.30. The number of hydrogen-bond acceptors (Lipinski definition) is 6. The molecule has 1 aliphatic heterocycles. The van der Waals surface area contributed by atoms with Crippen LogP contribution in [-0.2, 0) is 4.79 Å². The monoisotopic (exact) mass is 448 g/mol. The van der Waals surface area contributed by atoms with E-state index >= 15 is 0 Å². The highest BCUT2D eigenvalue weighted by atomic mass is 32.2. The minimum absolute atomic E-state index is 0.0290. The van der Waals surface area contributed by atoms with E-state index in [-0.39, 0.29) is 23.2 Å². The number of benzene rings is 1. The van der Waals surface area contributed by atoms with Gasteiger partial charge in [0.2, 0.25) is 5.91 Å². The maximum atomic E-state index is 13.4.